The molecule has 1 heterocycles. The minimum absolute atomic E-state index is 0.409. The number of nitrogens with one attached hydrogen (secondary N) is 1. The first-order valence-electron chi connectivity index (χ1n) is 7.43. The van der Waals surface area contributed by atoms with Gasteiger partial charge in [-0.3, -0.25) is 0 Å². The number of para-hydroxylation sites is 1. The fourth-order valence-electron chi connectivity index (χ4n) is 2.52. The van der Waals surface area contributed by atoms with Gasteiger partial charge in [0.15, 0.2) is 0 Å². The van der Waals surface area contributed by atoms with Gasteiger partial charge in [-0.15, -0.1) is 11.3 Å². The summed E-state index contributed by atoms with van der Waals surface area (Å²) in [6.45, 7) is 5.33. The Bertz CT molecular complexity index is 682. The lowest BCUT2D eigenvalue weighted by atomic mass is 10.0. The minimum atomic E-state index is 0.409. The van der Waals surface area contributed by atoms with E-state index in [1.807, 2.05) is 6.07 Å². The molecule has 0 aliphatic rings. The smallest absolute Gasteiger partial charge is 0.0982 e. The van der Waals surface area contributed by atoms with Crippen LogP contribution in [0.1, 0.15) is 36.0 Å². The van der Waals surface area contributed by atoms with E-state index in [1.54, 1.807) is 11.3 Å². The Morgan fingerprint density at radius 1 is 1.10 bits per heavy atom. The number of fused-ring (bicyclic) bond motifs is 1. The van der Waals surface area contributed by atoms with Gasteiger partial charge in [-0.25, -0.2) is 4.98 Å². The molecule has 1 N–H and O–H groups in total. The number of hydrogen-bond donors (Lipinski definition) is 1. The lowest BCUT2D eigenvalue weighted by molar-refractivity contribution is 0.598. The van der Waals surface area contributed by atoms with E-state index in [2.05, 4.69) is 61.6 Å². The van der Waals surface area contributed by atoms with Crippen molar-refractivity contribution in [3.63, 3.8) is 0 Å². The molecule has 108 valence electrons. The van der Waals surface area contributed by atoms with Crippen molar-refractivity contribution in [1.29, 1.82) is 0 Å². The summed E-state index contributed by atoms with van der Waals surface area (Å²) in [6, 6.07) is 17.6. The molecular weight excluding hydrogens is 276 g/mol. The zero-order valence-electron chi connectivity index (χ0n) is 12.5. The number of nitrogens with zero attached hydrogens (tertiary/aromatic N) is 1. The average Bonchev–Trinajstić information content (AvgIpc) is 2.90. The van der Waals surface area contributed by atoms with Crippen molar-refractivity contribution in [1.82, 2.24) is 10.3 Å². The molecule has 1 atom stereocenters. The number of thiazole rings is 1. The van der Waals surface area contributed by atoms with Crippen molar-refractivity contribution in [2.45, 2.75) is 26.3 Å². The summed E-state index contributed by atoms with van der Waals surface area (Å²) in [4.78, 5) is 4.70. The molecule has 0 aliphatic heterocycles. The molecule has 3 heteroatoms. The normalized spacial score (nSPS) is 12.7. The molecule has 0 saturated carbocycles. The van der Waals surface area contributed by atoms with E-state index in [-0.39, 0.29) is 0 Å². The van der Waals surface area contributed by atoms with Gasteiger partial charge in [0.25, 0.3) is 0 Å². The highest BCUT2D eigenvalue weighted by atomic mass is 32.1. The maximum atomic E-state index is 4.70. The van der Waals surface area contributed by atoms with Crippen LogP contribution in [0.3, 0.4) is 0 Å². The van der Waals surface area contributed by atoms with Gasteiger partial charge in [0.05, 0.1) is 15.2 Å². The molecule has 0 amide bonds. The molecule has 3 rings (SSSR count). The van der Waals surface area contributed by atoms with Crippen LogP contribution in [0.2, 0.25) is 0 Å². The Hall–Kier alpha value is -1.71. The van der Waals surface area contributed by atoms with Crippen LogP contribution >= 0.6 is 11.3 Å². The largest absolute Gasteiger partial charge is 0.310 e. The lowest BCUT2D eigenvalue weighted by Crippen LogP contribution is -2.17. The Balaban J connectivity index is 1.75. The van der Waals surface area contributed by atoms with E-state index in [0.717, 1.165) is 18.5 Å². The van der Waals surface area contributed by atoms with Crippen LogP contribution in [0.4, 0.5) is 0 Å². The van der Waals surface area contributed by atoms with Crippen molar-refractivity contribution in [3.8, 4) is 0 Å². The predicted molar refractivity (Wildman–Crippen MR) is 91.0 cm³/mol. The van der Waals surface area contributed by atoms with Crippen molar-refractivity contribution >= 4 is 21.6 Å². The topological polar surface area (TPSA) is 24.9 Å². The summed E-state index contributed by atoms with van der Waals surface area (Å²) in [5.74, 6) is 0. The van der Waals surface area contributed by atoms with Crippen molar-refractivity contribution in [2.75, 3.05) is 6.54 Å². The number of aromatic nitrogens is 1. The number of hydrogen-bond acceptors (Lipinski definition) is 3. The summed E-state index contributed by atoms with van der Waals surface area (Å²) < 4.78 is 1.27. The molecule has 0 aliphatic carbocycles. The van der Waals surface area contributed by atoms with Gasteiger partial charge in [0, 0.05) is 12.5 Å². The van der Waals surface area contributed by atoms with Gasteiger partial charge in [0.2, 0.25) is 0 Å². The summed E-state index contributed by atoms with van der Waals surface area (Å²) in [6.07, 6.45) is 0.912. The molecule has 21 heavy (non-hydrogen) atoms. The first-order valence-corrected chi connectivity index (χ1v) is 8.24. The van der Waals surface area contributed by atoms with Gasteiger partial charge in [-0.05, 0) is 36.7 Å². The third kappa shape index (κ3) is 3.31. The fraction of sp³-hybridized carbons (Fsp3) is 0.278. The average molecular weight is 296 g/mol. The molecule has 0 saturated heterocycles. The molecule has 3 aromatic rings. The highest BCUT2D eigenvalue weighted by Crippen LogP contribution is 2.24. The lowest BCUT2D eigenvalue weighted by Gasteiger charge is -2.12. The van der Waals surface area contributed by atoms with Gasteiger partial charge < -0.3 is 5.32 Å². The standard InChI is InChI=1S/C18H20N2S/c1-3-19-13(2)15-10-8-14(9-11-15)12-18-20-16-6-4-5-7-17(16)21-18/h4-11,13,19H,3,12H2,1-2H3. The predicted octanol–water partition coefficient (Wildman–Crippen LogP) is 4.56. The van der Waals surface area contributed by atoms with Crippen LogP contribution in [0, 0.1) is 0 Å². The van der Waals surface area contributed by atoms with Gasteiger partial charge in [0.1, 0.15) is 0 Å². The second-order valence-corrected chi connectivity index (χ2v) is 6.39. The molecule has 2 nitrogen and oxygen atoms in total. The van der Waals surface area contributed by atoms with E-state index in [1.165, 1.54) is 20.8 Å². The van der Waals surface area contributed by atoms with Crippen LogP contribution < -0.4 is 5.32 Å². The fourth-order valence-corrected chi connectivity index (χ4v) is 3.52. The Morgan fingerprint density at radius 3 is 2.57 bits per heavy atom. The first kappa shape index (κ1) is 14.2. The van der Waals surface area contributed by atoms with Crippen LogP contribution in [0.5, 0.6) is 0 Å². The number of benzene rings is 2. The number of rotatable bonds is 5. The summed E-state index contributed by atoms with van der Waals surface area (Å²) >= 11 is 1.79. The van der Waals surface area contributed by atoms with Crippen LogP contribution in [-0.4, -0.2) is 11.5 Å². The minimum Gasteiger partial charge on any atom is -0.310 e. The zero-order valence-corrected chi connectivity index (χ0v) is 13.3. The summed E-state index contributed by atoms with van der Waals surface area (Å²) in [7, 11) is 0. The Labute approximate surface area is 129 Å². The van der Waals surface area contributed by atoms with Crippen molar-refractivity contribution in [3.05, 3.63) is 64.7 Å². The summed E-state index contributed by atoms with van der Waals surface area (Å²) in [5.41, 5.74) is 3.77. The third-order valence-corrected chi connectivity index (χ3v) is 4.72. The summed E-state index contributed by atoms with van der Waals surface area (Å²) in [5, 5.41) is 4.62. The van der Waals surface area contributed by atoms with E-state index in [0.29, 0.717) is 6.04 Å². The maximum Gasteiger partial charge on any atom is 0.0982 e. The molecular formula is C18H20N2S. The molecule has 1 aromatic heterocycles. The van der Waals surface area contributed by atoms with Crippen LogP contribution in [0.15, 0.2) is 48.5 Å². The molecule has 0 bridgehead atoms. The Morgan fingerprint density at radius 2 is 1.86 bits per heavy atom. The van der Waals surface area contributed by atoms with E-state index >= 15 is 0 Å². The van der Waals surface area contributed by atoms with E-state index in [4.69, 9.17) is 4.98 Å². The quantitative estimate of drug-likeness (QED) is 0.746. The van der Waals surface area contributed by atoms with Crippen molar-refractivity contribution < 1.29 is 0 Å². The van der Waals surface area contributed by atoms with Gasteiger partial charge in [-0.1, -0.05) is 43.3 Å². The van der Waals surface area contributed by atoms with Crippen LogP contribution in [0.25, 0.3) is 10.2 Å². The Kier molecular flexibility index (Phi) is 4.32. The second-order valence-electron chi connectivity index (χ2n) is 5.27. The second kappa shape index (κ2) is 6.37. The monoisotopic (exact) mass is 296 g/mol. The highest BCUT2D eigenvalue weighted by Gasteiger charge is 2.06. The zero-order chi connectivity index (χ0) is 14.7. The molecule has 0 spiro atoms. The first-order chi connectivity index (χ1) is 10.3. The van der Waals surface area contributed by atoms with Crippen LogP contribution in [-0.2, 0) is 6.42 Å². The molecule has 0 fully saturated rings. The highest BCUT2D eigenvalue weighted by molar-refractivity contribution is 7.18. The van der Waals surface area contributed by atoms with E-state index in [9.17, 15) is 0 Å². The molecule has 1 unspecified atom stereocenters. The maximum absolute atomic E-state index is 4.70. The van der Waals surface area contributed by atoms with Crippen molar-refractivity contribution in [2.24, 2.45) is 0 Å². The molecule has 2 aromatic carbocycles. The van der Waals surface area contributed by atoms with E-state index < -0.39 is 0 Å². The molecule has 0 radical (unpaired) electrons. The van der Waals surface area contributed by atoms with Gasteiger partial charge >= 0.3 is 0 Å². The SMILES string of the molecule is CCNC(C)c1ccc(Cc2nc3ccccc3s2)cc1. The third-order valence-electron chi connectivity index (χ3n) is 3.68. The van der Waals surface area contributed by atoms with Gasteiger partial charge in [-0.2, -0.15) is 0 Å².